The second-order valence-corrected chi connectivity index (χ2v) is 5.08. The number of terminal acetylenes is 1. The highest BCUT2D eigenvalue weighted by Crippen LogP contribution is 2.13. The fraction of sp³-hybridized carbons (Fsp3) is 0.471. The maximum Gasteiger partial charge on any atom is 0.199 e. The monoisotopic (exact) mass is 397 g/mol. The van der Waals surface area contributed by atoms with Crippen LogP contribution >= 0.6 is 24.0 Å². The summed E-state index contributed by atoms with van der Waals surface area (Å²) in [5.41, 5.74) is 1.06. The van der Waals surface area contributed by atoms with Crippen molar-refractivity contribution >= 4 is 35.6 Å². The number of likely N-dealkylation sites (tertiary alicyclic amines) is 1. The van der Waals surface area contributed by atoms with Gasteiger partial charge < -0.3 is 10.2 Å². The first kappa shape index (κ1) is 17.8. The number of nitrogens with zero attached hydrogens (tertiary/aromatic N) is 2. The van der Waals surface area contributed by atoms with Crippen LogP contribution in [-0.4, -0.2) is 30.0 Å². The van der Waals surface area contributed by atoms with Gasteiger partial charge in [-0.25, -0.2) is 4.99 Å². The van der Waals surface area contributed by atoms with E-state index in [1.807, 2.05) is 18.2 Å². The number of halogens is 1. The third-order valence-electron chi connectivity index (χ3n) is 3.54. The largest absolute Gasteiger partial charge is 0.343 e. The van der Waals surface area contributed by atoms with Gasteiger partial charge in [-0.15, -0.1) is 30.4 Å². The first-order valence-electron chi connectivity index (χ1n) is 7.44. The molecule has 1 aromatic carbocycles. The quantitative estimate of drug-likeness (QED) is 0.362. The topological polar surface area (TPSA) is 27.6 Å². The third kappa shape index (κ3) is 5.58. The van der Waals surface area contributed by atoms with Gasteiger partial charge in [-0.3, -0.25) is 0 Å². The molecule has 3 nitrogen and oxygen atoms in total. The van der Waals surface area contributed by atoms with Crippen LogP contribution in [0, 0.1) is 12.3 Å². The Morgan fingerprint density at radius 3 is 2.52 bits per heavy atom. The van der Waals surface area contributed by atoms with Crippen LogP contribution in [0.25, 0.3) is 0 Å². The molecule has 1 N–H and O–H groups in total. The number of rotatable bonds is 3. The first-order chi connectivity index (χ1) is 9.83. The molecule has 1 fully saturated rings. The highest BCUT2D eigenvalue weighted by molar-refractivity contribution is 14.0. The lowest BCUT2D eigenvalue weighted by Gasteiger charge is -2.30. The van der Waals surface area contributed by atoms with E-state index in [0.717, 1.165) is 31.2 Å². The van der Waals surface area contributed by atoms with Crippen LogP contribution in [0.1, 0.15) is 32.6 Å². The average molecular weight is 397 g/mol. The number of aliphatic imine (C=N–C) groups is 1. The minimum atomic E-state index is -0.0526. The Hall–Kier alpha value is -1.22. The van der Waals surface area contributed by atoms with Crippen LogP contribution in [0.15, 0.2) is 35.3 Å². The molecular formula is C17H24IN3. The van der Waals surface area contributed by atoms with E-state index in [0.29, 0.717) is 0 Å². The number of nitrogens with one attached hydrogen (secondary N) is 1. The molecule has 1 atom stereocenters. The third-order valence-corrected chi connectivity index (χ3v) is 3.54. The summed E-state index contributed by atoms with van der Waals surface area (Å²) in [6.45, 7) is 4.18. The number of anilines is 1. The van der Waals surface area contributed by atoms with Gasteiger partial charge in [0.05, 0.1) is 0 Å². The average Bonchev–Trinajstić information content (AvgIpc) is 2.53. The summed E-state index contributed by atoms with van der Waals surface area (Å²) in [5.74, 6) is 3.67. The van der Waals surface area contributed by atoms with Crippen molar-refractivity contribution in [3.8, 4) is 12.3 Å². The molecule has 1 saturated heterocycles. The molecule has 0 aliphatic carbocycles. The molecule has 0 radical (unpaired) electrons. The van der Waals surface area contributed by atoms with Gasteiger partial charge in [0.2, 0.25) is 0 Å². The first-order valence-corrected chi connectivity index (χ1v) is 7.44. The van der Waals surface area contributed by atoms with Gasteiger partial charge >= 0.3 is 0 Å². The van der Waals surface area contributed by atoms with Gasteiger partial charge in [0.15, 0.2) is 5.96 Å². The number of benzene rings is 1. The summed E-state index contributed by atoms with van der Waals surface area (Å²) in [6.07, 6.45) is 10.2. The molecular weight excluding hydrogens is 373 g/mol. The lowest BCUT2D eigenvalue weighted by atomic mass is 10.1. The van der Waals surface area contributed by atoms with E-state index in [4.69, 9.17) is 11.4 Å². The van der Waals surface area contributed by atoms with E-state index in [-0.39, 0.29) is 30.0 Å². The molecule has 1 aromatic rings. The zero-order valence-electron chi connectivity index (χ0n) is 12.6. The van der Waals surface area contributed by atoms with Gasteiger partial charge in [-0.1, -0.05) is 31.0 Å². The molecule has 1 unspecified atom stereocenters. The lowest BCUT2D eigenvalue weighted by molar-refractivity contribution is 0.340. The molecule has 1 heterocycles. The van der Waals surface area contributed by atoms with Crippen molar-refractivity contribution in [2.24, 2.45) is 4.99 Å². The molecule has 1 aliphatic heterocycles. The second kappa shape index (κ2) is 9.67. The molecule has 2 rings (SSSR count). The molecule has 0 saturated carbocycles. The van der Waals surface area contributed by atoms with Crippen LogP contribution in [0.2, 0.25) is 0 Å². The molecule has 0 spiro atoms. The highest BCUT2D eigenvalue weighted by atomic mass is 127. The Kier molecular flexibility index (Phi) is 8.21. The minimum Gasteiger partial charge on any atom is -0.343 e. The Balaban J connectivity index is 0.00000220. The van der Waals surface area contributed by atoms with Gasteiger partial charge in [0.25, 0.3) is 0 Å². The zero-order chi connectivity index (χ0) is 14.2. The smallest absolute Gasteiger partial charge is 0.199 e. The van der Waals surface area contributed by atoms with Gasteiger partial charge in [0.1, 0.15) is 6.04 Å². The van der Waals surface area contributed by atoms with Crippen molar-refractivity contribution in [3.05, 3.63) is 30.3 Å². The van der Waals surface area contributed by atoms with E-state index in [1.54, 1.807) is 0 Å². The lowest BCUT2D eigenvalue weighted by Crippen LogP contribution is -2.40. The van der Waals surface area contributed by atoms with Crippen LogP contribution in [-0.2, 0) is 0 Å². The maximum absolute atomic E-state index is 5.55. The predicted octanol–water partition coefficient (Wildman–Crippen LogP) is 3.97. The SMILES string of the molecule is C#CC(CC)N=C(Nc1ccccc1)N1CCCCC1.I. The molecule has 0 amide bonds. The van der Waals surface area contributed by atoms with E-state index >= 15 is 0 Å². The Morgan fingerprint density at radius 2 is 1.95 bits per heavy atom. The normalized spacial score (nSPS) is 16.6. The van der Waals surface area contributed by atoms with E-state index in [2.05, 4.69) is 35.2 Å². The van der Waals surface area contributed by atoms with Crippen LogP contribution in [0.5, 0.6) is 0 Å². The Labute approximate surface area is 145 Å². The Bertz CT molecular complexity index is 473. The van der Waals surface area contributed by atoms with E-state index < -0.39 is 0 Å². The standard InChI is InChI=1S/C17H23N3.HI/c1-3-15(4-2)18-17(20-13-9-6-10-14-20)19-16-11-7-5-8-12-16;/h1,5,7-8,11-12,15H,4,6,9-10,13-14H2,2H3,(H,18,19);1H. The van der Waals surface area contributed by atoms with Gasteiger partial charge in [-0.05, 0) is 37.8 Å². The van der Waals surface area contributed by atoms with Gasteiger partial charge in [0, 0.05) is 18.8 Å². The van der Waals surface area contributed by atoms with Crippen molar-refractivity contribution in [1.29, 1.82) is 0 Å². The summed E-state index contributed by atoms with van der Waals surface area (Å²) < 4.78 is 0. The molecule has 1 aliphatic rings. The predicted molar refractivity (Wildman–Crippen MR) is 101 cm³/mol. The number of para-hydroxylation sites is 1. The van der Waals surface area contributed by atoms with Crippen LogP contribution < -0.4 is 5.32 Å². The summed E-state index contributed by atoms with van der Waals surface area (Å²) >= 11 is 0. The molecule has 4 heteroatoms. The summed E-state index contributed by atoms with van der Waals surface area (Å²) in [6, 6.07) is 10.1. The van der Waals surface area contributed by atoms with E-state index in [9.17, 15) is 0 Å². The molecule has 0 bridgehead atoms. The number of hydrogen-bond acceptors (Lipinski definition) is 1. The zero-order valence-corrected chi connectivity index (χ0v) is 14.9. The second-order valence-electron chi connectivity index (χ2n) is 5.08. The molecule has 114 valence electrons. The number of guanidine groups is 1. The number of hydrogen-bond donors (Lipinski definition) is 1. The summed E-state index contributed by atoms with van der Waals surface area (Å²) in [4.78, 5) is 7.04. The minimum absolute atomic E-state index is 0. The molecule has 21 heavy (non-hydrogen) atoms. The number of piperidine rings is 1. The summed E-state index contributed by atoms with van der Waals surface area (Å²) in [7, 11) is 0. The van der Waals surface area contributed by atoms with E-state index in [1.165, 1.54) is 19.3 Å². The van der Waals surface area contributed by atoms with Crippen LogP contribution in [0.3, 0.4) is 0 Å². The fourth-order valence-electron chi connectivity index (χ4n) is 2.34. The Morgan fingerprint density at radius 1 is 1.29 bits per heavy atom. The van der Waals surface area contributed by atoms with Crippen molar-refractivity contribution in [1.82, 2.24) is 4.90 Å². The maximum atomic E-state index is 5.55. The highest BCUT2D eigenvalue weighted by Gasteiger charge is 2.16. The van der Waals surface area contributed by atoms with Crippen molar-refractivity contribution in [2.45, 2.75) is 38.6 Å². The van der Waals surface area contributed by atoms with Crippen molar-refractivity contribution < 1.29 is 0 Å². The summed E-state index contributed by atoms with van der Waals surface area (Å²) in [5, 5.41) is 3.43. The van der Waals surface area contributed by atoms with Crippen LogP contribution in [0.4, 0.5) is 5.69 Å². The fourth-order valence-corrected chi connectivity index (χ4v) is 2.34. The van der Waals surface area contributed by atoms with Crippen molar-refractivity contribution in [3.63, 3.8) is 0 Å². The van der Waals surface area contributed by atoms with Crippen molar-refractivity contribution in [2.75, 3.05) is 18.4 Å². The van der Waals surface area contributed by atoms with Gasteiger partial charge in [-0.2, -0.15) is 0 Å². The molecule has 0 aromatic heterocycles.